The second-order valence-electron chi connectivity index (χ2n) is 6.73. The van der Waals surface area contributed by atoms with E-state index in [-0.39, 0.29) is 11.4 Å². The van der Waals surface area contributed by atoms with E-state index >= 15 is 0 Å². The molecule has 0 spiro atoms. The fourth-order valence-corrected chi connectivity index (χ4v) is 5.23. The zero-order chi connectivity index (χ0) is 19.7. The van der Waals surface area contributed by atoms with Crippen LogP contribution in [0.2, 0.25) is 0 Å². The van der Waals surface area contributed by atoms with Crippen LogP contribution < -0.4 is 0 Å². The molecular formula is C20H22N4O3S. The van der Waals surface area contributed by atoms with Crippen molar-refractivity contribution < 1.29 is 13.2 Å². The lowest BCUT2D eigenvalue weighted by Crippen LogP contribution is -2.43. The zero-order valence-corrected chi connectivity index (χ0v) is 16.6. The normalized spacial score (nSPS) is 18.3. The fourth-order valence-electron chi connectivity index (χ4n) is 3.70. The van der Waals surface area contributed by atoms with Crippen LogP contribution in [0.15, 0.2) is 59.8 Å². The quantitative estimate of drug-likeness (QED) is 0.675. The van der Waals surface area contributed by atoms with Crippen molar-refractivity contribution in [2.24, 2.45) is 0 Å². The minimum absolute atomic E-state index is 0.188. The number of pyridine rings is 1. The first kappa shape index (κ1) is 18.8. The summed E-state index contributed by atoms with van der Waals surface area (Å²) in [5, 5.41) is 4.67. The van der Waals surface area contributed by atoms with Gasteiger partial charge in [0.15, 0.2) is 0 Å². The van der Waals surface area contributed by atoms with E-state index in [2.05, 4.69) is 10.1 Å². The number of rotatable bonds is 4. The van der Waals surface area contributed by atoms with Crippen LogP contribution in [0.25, 0.3) is 5.69 Å². The van der Waals surface area contributed by atoms with E-state index in [0.717, 1.165) is 22.6 Å². The van der Waals surface area contributed by atoms with Crippen LogP contribution in [0.4, 0.5) is 0 Å². The molecule has 3 heterocycles. The highest BCUT2D eigenvalue weighted by Crippen LogP contribution is 2.34. The Labute approximate surface area is 164 Å². The van der Waals surface area contributed by atoms with Gasteiger partial charge in [-0.2, -0.15) is 9.40 Å². The highest BCUT2D eigenvalue weighted by molar-refractivity contribution is 7.89. The van der Waals surface area contributed by atoms with E-state index < -0.39 is 16.1 Å². The summed E-state index contributed by atoms with van der Waals surface area (Å²) in [4.78, 5) is 4.16. The van der Waals surface area contributed by atoms with Crippen molar-refractivity contribution in [3.05, 3.63) is 71.8 Å². The van der Waals surface area contributed by atoms with Crippen molar-refractivity contribution in [2.45, 2.75) is 24.8 Å². The minimum atomic E-state index is -3.69. The molecule has 1 saturated heterocycles. The third-order valence-electron chi connectivity index (χ3n) is 5.00. The second-order valence-corrected chi connectivity index (χ2v) is 8.62. The van der Waals surface area contributed by atoms with Crippen molar-refractivity contribution in [2.75, 3.05) is 19.8 Å². The van der Waals surface area contributed by atoms with Gasteiger partial charge in [-0.1, -0.05) is 18.2 Å². The molecule has 0 amide bonds. The highest BCUT2D eigenvalue weighted by atomic mass is 32.2. The van der Waals surface area contributed by atoms with Gasteiger partial charge in [0.2, 0.25) is 10.0 Å². The number of aryl methyl sites for hydroxylation is 1. The van der Waals surface area contributed by atoms with Crippen molar-refractivity contribution in [3.8, 4) is 5.69 Å². The first-order valence-corrected chi connectivity index (χ1v) is 10.6. The third kappa shape index (κ3) is 3.23. The monoisotopic (exact) mass is 398 g/mol. The van der Waals surface area contributed by atoms with Crippen molar-refractivity contribution >= 4 is 10.0 Å². The van der Waals surface area contributed by atoms with Crippen LogP contribution in [0, 0.1) is 13.8 Å². The van der Waals surface area contributed by atoms with E-state index in [9.17, 15) is 8.42 Å². The molecule has 8 heteroatoms. The van der Waals surface area contributed by atoms with Gasteiger partial charge in [-0.15, -0.1) is 0 Å². The van der Waals surface area contributed by atoms with Gasteiger partial charge >= 0.3 is 0 Å². The number of morpholine rings is 1. The molecule has 1 aromatic carbocycles. The summed E-state index contributed by atoms with van der Waals surface area (Å²) in [5.74, 6) is 0. The Morgan fingerprint density at radius 1 is 1.11 bits per heavy atom. The average molecular weight is 398 g/mol. The number of hydrogen-bond acceptors (Lipinski definition) is 5. The molecule has 1 fully saturated rings. The SMILES string of the molecule is Cc1nn(-c2ccccc2)c(C)c1C1COCCN1S(=O)(=O)c1cccnc1. The van der Waals surface area contributed by atoms with Crippen LogP contribution in [0.1, 0.15) is 23.0 Å². The maximum absolute atomic E-state index is 13.3. The van der Waals surface area contributed by atoms with Crippen LogP contribution in [-0.4, -0.2) is 47.2 Å². The van der Waals surface area contributed by atoms with Crippen molar-refractivity contribution in [1.29, 1.82) is 0 Å². The fraction of sp³-hybridized carbons (Fsp3) is 0.300. The summed E-state index contributed by atoms with van der Waals surface area (Å²) < 4.78 is 35.6. The molecule has 3 aromatic rings. The molecule has 0 aliphatic carbocycles. The Kier molecular flexibility index (Phi) is 5.01. The molecule has 146 valence electrons. The summed E-state index contributed by atoms with van der Waals surface area (Å²) in [7, 11) is -3.69. The summed E-state index contributed by atoms with van der Waals surface area (Å²) in [6.45, 7) is 4.82. The Morgan fingerprint density at radius 3 is 2.61 bits per heavy atom. The lowest BCUT2D eigenvalue weighted by molar-refractivity contribution is 0.0316. The molecule has 0 saturated carbocycles. The maximum Gasteiger partial charge on any atom is 0.245 e. The first-order chi connectivity index (χ1) is 13.5. The summed E-state index contributed by atoms with van der Waals surface area (Å²) >= 11 is 0. The Morgan fingerprint density at radius 2 is 1.89 bits per heavy atom. The molecule has 28 heavy (non-hydrogen) atoms. The van der Waals surface area contributed by atoms with Gasteiger partial charge in [0.05, 0.1) is 30.6 Å². The predicted molar refractivity (Wildman–Crippen MR) is 105 cm³/mol. The number of ether oxygens (including phenoxy) is 1. The van der Waals surface area contributed by atoms with Crippen molar-refractivity contribution in [1.82, 2.24) is 19.1 Å². The van der Waals surface area contributed by atoms with Crippen LogP contribution in [0.3, 0.4) is 0 Å². The molecule has 2 aromatic heterocycles. The van der Waals surface area contributed by atoms with Gasteiger partial charge in [0.25, 0.3) is 0 Å². The van der Waals surface area contributed by atoms with E-state index in [1.54, 1.807) is 18.3 Å². The largest absolute Gasteiger partial charge is 0.378 e. The first-order valence-electron chi connectivity index (χ1n) is 9.11. The maximum atomic E-state index is 13.3. The number of sulfonamides is 1. The molecule has 1 atom stereocenters. The van der Waals surface area contributed by atoms with Crippen LogP contribution in [-0.2, 0) is 14.8 Å². The topological polar surface area (TPSA) is 77.3 Å². The number of nitrogens with zero attached hydrogens (tertiary/aromatic N) is 4. The molecule has 0 bridgehead atoms. The molecular weight excluding hydrogens is 376 g/mol. The van der Waals surface area contributed by atoms with Gasteiger partial charge in [0.1, 0.15) is 4.90 Å². The van der Waals surface area contributed by atoms with Gasteiger partial charge in [-0.3, -0.25) is 4.98 Å². The average Bonchev–Trinajstić information content (AvgIpc) is 3.03. The summed E-state index contributed by atoms with van der Waals surface area (Å²) in [6, 6.07) is 12.6. The highest BCUT2D eigenvalue weighted by Gasteiger charge is 2.38. The smallest absolute Gasteiger partial charge is 0.245 e. The number of benzene rings is 1. The number of aromatic nitrogens is 3. The molecule has 7 nitrogen and oxygen atoms in total. The van der Waals surface area contributed by atoms with Crippen LogP contribution >= 0.6 is 0 Å². The summed E-state index contributed by atoms with van der Waals surface area (Å²) in [5.41, 5.74) is 3.53. The lowest BCUT2D eigenvalue weighted by Gasteiger charge is -2.34. The molecule has 1 aliphatic rings. The van der Waals surface area contributed by atoms with Gasteiger partial charge in [-0.25, -0.2) is 13.1 Å². The van der Waals surface area contributed by atoms with E-state index in [1.165, 1.54) is 10.5 Å². The predicted octanol–water partition coefficient (Wildman–Crippen LogP) is 2.65. The minimum Gasteiger partial charge on any atom is -0.378 e. The van der Waals surface area contributed by atoms with Gasteiger partial charge in [-0.05, 0) is 38.1 Å². The molecule has 1 aliphatic heterocycles. The number of para-hydroxylation sites is 1. The zero-order valence-electron chi connectivity index (χ0n) is 15.8. The lowest BCUT2D eigenvalue weighted by atomic mass is 10.0. The number of hydrogen-bond donors (Lipinski definition) is 0. The Balaban J connectivity index is 1.78. The van der Waals surface area contributed by atoms with E-state index in [4.69, 9.17) is 4.74 Å². The molecule has 4 rings (SSSR count). The second kappa shape index (κ2) is 7.46. The van der Waals surface area contributed by atoms with Gasteiger partial charge in [0, 0.05) is 30.2 Å². The standard InChI is InChI=1S/C20H22N4O3S/c1-15-20(16(2)24(22-15)17-7-4-3-5-8-17)19-14-27-12-11-23(19)28(25,26)18-9-6-10-21-13-18/h3-10,13,19H,11-12,14H2,1-2H3. The van der Waals surface area contributed by atoms with E-state index in [1.807, 2.05) is 48.9 Å². The third-order valence-corrected chi connectivity index (χ3v) is 6.89. The molecule has 0 radical (unpaired) electrons. The van der Waals surface area contributed by atoms with Crippen LogP contribution in [0.5, 0.6) is 0 Å². The Bertz CT molecular complexity index is 1070. The summed E-state index contributed by atoms with van der Waals surface area (Å²) in [6.07, 6.45) is 2.95. The van der Waals surface area contributed by atoms with Gasteiger partial charge < -0.3 is 4.74 Å². The van der Waals surface area contributed by atoms with Crippen molar-refractivity contribution in [3.63, 3.8) is 0 Å². The Hall–Kier alpha value is -2.55. The molecule has 1 unspecified atom stereocenters. The molecule has 0 N–H and O–H groups in total. The van der Waals surface area contributed by atoms with E-state index in [0.29, 0.717) is 13.2 Å².